The summed E-state index contributed by atoms with van der Waals surface area (Å²) in [5, 5.41) is 4.44. The Bertz CT molecular complexity index is 614. The second-order valence-electron chi connectivity index (χ2n) is 5.74. The van der Waals surface area contributed by atoms with Crippen LogP contribution in [-0.4, -0.2) is 59.9 Å². The highest BCUT2D eigenvalue weighted by atomic mass is 16.5. The molecule has 6 nitrogen and oxygen atoms in total. The first-order valence-electron chi connectivity index (χ1n) is 7.55. The summed E-state index contributed by atoms with van der Waals surface area (Å²) in [6.07, 6.45) is 1.87. The highest BCUT2D eigenvalue weighted by Gasteiger charge is 2.17. The van der Waals surface area contributed by atoms with Gasteiger partial charge in [-0.15, -0.1) is 0 Å². The van der Waals surface area contributed by atoms with Gasteiger partial charge in [0.2, 0.25) is 0 Å². The van der Waals surface area contributed by atoms with E-state index in [9.17, 15) is 0 Å². The fourth-order valence-electron chi connectivity index (χ4n) is 2.69. The van der Waals surface area contributed by atoms with E-state index in [2.05, 4.69) is 21.9 Å². The second kappa shape index (κ2) is 6.37. The van der Waals surface area contributed by atoms with Gasteiger partial charge in [-0.2, -0.15) is 5.10 Å². The number of nitrogens with zero attached hydrogens (tertiary/aromatic N) is 4. The molecule has 0 bridgehead atoms. The van der Waals surface area contributed by atoms with Crippen LogP contribution in [0.1, 0.15) is 5.56 Å². The number of nitrogens with two attached hydrogens (primary N) is 1. The molecule has 0 unspecified atom stereocenters. The molecule has 3 rings (SSSR count). The first-order valence-corrected chi connectivity index (χ1v) is 7.55. The molecule has 0 radical (unpaired) electrons. The van der Waals surface area contributed by atoms with Crippen LogP contribution < -0.4 is 10.5 Å². The fourth-order valence-corrected chi connectivity index (χ4v) is 2.69. The van der Waals surface area contributed by atoms with E-state index in [4.69, 9.17) is 10.5 Å². The number of hydrogen-bond donors (Lipinski definition) is 1. The monoisotopic (exact) mass is 301 g/mol. The number of aromatic nitrogens is 2. The topological polar surface area (TPSA) is 59.5 Å². The number of ether oxygens (including phenoxy) is 1. The van der Waals surface area contributed by atoms with Crippen LogP contribution in [-0.2, 0) is 6.54 Å². The van der Waals surface area contributed by atoms with Crippen LogP contribution in [0, 0.1) is 0 Å². The maximum atomic E-state index is 6.28. The van der Waals surface area contributed by atoms with Crippen molar-refractivity contribution in [1.82, 2.24) is 19.6 Å². The Morgan fingerprint density at radius 2 is 1.82 bits per heavy atom. The molecule has 22 heavy (non-hydrogen) atoms. The van der Waals surface area contributed by atoms with Gasteiger partial charge in [-0.3, -0.25) is 4.90 Å². The van der Waals surface area contributed by atoms with Gasteiger partial charge in [-0.25, -0.2) is 4.68 Å². The SMILES string of the molecule is COc1ccc(-n2ncc(CN3CCN(C)CC3)c2N)cc1. The van der Waals surface area contributed by atoms with E-state index in [-0.39, 0.29) is 0 Å². The molecule has 1 fully saturated rings. The molecule has 1 saturated heterocycles. The maximum absolute atomic E-state index is 6.28. The van der Waals surface area contributed by atoms with Crippen molar-refractivity contribution in [3.8, 4) is 11.4 Å². The van der Waals surface area contributed by atoms with Gasteiger partial charge in [-0.1, -0.05) is 0 Å². The van der Waals surface area contributed by atoms with E-state index < -0.39 is 0 Å². The third-order valence-electron chi connectivity index (χ3n) is 4.19. The molecular formula is C16H23N5O. The highest BCUT2D eigenvalue weighted by molar-refractivity contribution is 5.48. The van der Waals surface area contributed by atoms with E-state index in [1.54, 1.807) is 11.8 Å². The lowest BCUT2D eigenvalue weighted by molar-refractivity contribution is 0.148. The van der Waals surface area contributed by atoms with Crippen LogP contribution >= 0.6 is 0 Å². The van der Waals surface area contributed by atoms with Gasteiger partial charge in [0.05, 0.1) is 19.0 Å². The quantitative estimate of drug-likeness (QED) is 0.920. The Labute approximate surface area is 131 Å². The van der Waals surface area contributed by atoms with Crippen molar-refractivity contribution in [3.63, 3.8) is 0 Å². The van der Waals surface area contributed by atoms with E-state index in [1.165, 1.54) is 0 Å². The zero-order valence-electron chi connectivity index (χ0n) is 13.2. The number of nitrogen functional groups attached to an aromatic ring is 1. The smallest absolute Gasteiger partial charge is 0.131 e. The molecule has 2 heterocycles. The van der Waals surface area contributed by atoms with Crippen molar-refractivity contribution >= 4 is 5.82 Å². The van der Waals surface area contributed by atoms with Gasteiger partial charge in [0.1, 0.15) is 11.6 Å². The Morgan fingerprint density at radius 3 is 2.45 bits per heavy atom. The molecule has 2 aromatic rings. The molecule has 0 amide bonds. The average molecular weight is 301 g/mol. The summed E-state index contributed by atoms with van der Waals surface area (Å²) in [7, 11) is 3.82. The van der Waals surface area contributed by atoms with Crippen LogP contribution in [0.2, 0.25) is 0 Å². The van der Waals surface area contributed by atoms with Crippen LogP contribution in [0.5, 0.6) is 5.75 Å². The van der Waals surface area contributed by atoms with E-state index in [1.807, 2.05) is 30.5 Å². The van der Waals surface area contributed by atoms with E-state index in [0.29, 0.717) is 5.82 Å². The van der Waals surface area contributed by atoms with Crippen molar-refractivity contribution in [2.24, 2.45) is 0 Å². The average Bonchev–Trinajstić information content (AvgIpc) is 2.91. The molecule has 2 N–H and O–H groups in total. The standard InChI is InChI=1S/C16H23N5O/c1-19-7-9-20(10-8-19)12-13-11-18-21(16(13)17)14-3-5-15(22-2)6-4-14/h3-6,11H,7-10,12,17H2,1-2H3. The van der Waals surface area contributed by atoms with Gasteiger partial charge in [0, 0.05) is 38.3 Å². The summed E-state index contributed by atoms with van der Waals surface area (Å²) in [6, 6.07) is 7.75. The zero-order valence-corrected chi connectivity index (χ0v) is 13.2. The van der Waals surface area contributed by atoms with Crippen LogP contribution in [0.25, 0.3) is 5.69 Å². The Balaban J connectivity index is 1.73. The van der Waals surface area contributed by atoms with Gasteiger partial charge >= 0.3 is 0 Å². The Kier molecular flexibility index (Phi) is 4.31. The summed E-state index contributed by atoms with van der Waals surface area (Å²) in [5.41, 5.74) is 8.31. The number of piperazine rings is 1. The van der Waals surface area contributed by atoms with Crippen molar-refractivity contribution in [1.29, 1.82) is 0 Å². The van der Waals surface area contributed by atoms with Crippen molar-refractivity contribution in [3.05, 3.63) is 36.0 Å². The Morgan fingerprint density at radius 1 is 1.14 bits per heavy atom. The first kappa shape index (κ1) is 14.9. The third-order valence-corrected chi connectivity index (χ3v) is 4.19. The molecule has 0 atom stereocenters. The van der Waals surface area contributed by atoms with Crippen LogP contribution in [0.4, 0.5) is 5.82 Å². The third kappa shape index (κ3) is 3.08. The molecule has 6 heteroatoms. The number of benzene rings is 1. The molecule has 0 saturated carbocycles. The zero-order chi connectivity index (χ0) is 15.5. The van der Waals surface area contributed by atoms with E-state index in [0.717, 1.165) is 49.7 Å². The molecule has 0 aliphatic carbocycles. The highest BCUT2D eigenvalue weighted by Crippen LogP contribution is 2.21. The molecule has 1 aliphatic rings. The normalized spacial score (nSPS) is 16.8. The number of hydrogen-bond acceptors (Lipinski definition) is 5. The van der Waals surface area contributed by atoms with Gasteiger partial charge in [0.15, 0.2) is 0 Å². The van der Waals surface area contributed by atoms with Gasteiger partial charge in [-0.05, 0) is 31.3 Å². The maximum Gasteiger partial charge on any atom is 0.131 e. The lowest BCUT2D eigenvalue weighted by Gasteiger charge is -2.32. The number of methoxy groups -OCH3 is 1. The van der Waals surface area contributed by atoms with E-state index >= 15 is 0 Å². The molecule has 1 aromatic heterocycles. The summed E-state index contributed by atoms with van der Waals surface area (Å²) in [6.45, 7) is 5.21. The van der Waals surface area contributed by atoms with Crippen molar-refractivity contribution in [2.45, 2.75) is 6.54 Å². The number of likely N-dealkylation sites (N-methyl/N-ethyl adjacent to an activating group) is 1. The largest absolute Gasteiger partial charge is 0.497 e. The molecule has 118 valence electrons. The van der Waals surface area contributed by atoms with Crippen molar-refractivity contribution < 1.29 is 4.74 Å². The molecule has 1 aromatic carbocycles. The van der Waals surface area contributed by atoms with Crippen molar-refractivity contribution in [2.75, 3.05) is 46.1 Å². The molecule has 0 spiro atoms. The molecular weight excluding hydrogens is 278 g/mol. The summed E-state index contributed by atoms with van der Waals surface area (Å²) in [5.74, 6) is 1.54. The first-order chi connectivity index (χ1) is 10.7. The van der Waals surface area contributed by atoms with Crippen LogP contribution in [0.15, 0.2) is 30.5 Å². The summed E-state index contributed by atoms with van der Waals surface area (Å²) in [4.78, 5) is 4.77. The minimum absolute atomic E-state index is 0.712. The summed E-state index contributed by atoms with van der Waals surface area (Å²) < 4.78 is 6.96. The minimum Gasteiger partial charge on any atom is -0.497 e. The predicted molar refractivity (Wildman–Crippen MR) is 87.3 cm³/mol. The second-order valence-corrected chi connectivity index (χ2v) is 5.74. The molecule has 1 aliphatic heterocycles. The lowest BCUT2D eigenvalue weighted by atomic mass is 10.2. The predicted octanol–water partition coefficient (Wildman–Crippen LogP) is 1.21. The van der Waals surface area contributed by atoms with Crippen LogP contribution in [0.3, 0.4) is 0 Å². The summed E-state index contributed by atoms with van der Waals surface area (Å²) >= 11 is 0. The minimum atomic E-state index is 0.712. The number of anilines is 1. The Hall–Kier alpha value is -2.05. The van der Waals surface area contributed by atoms with Gasteiger partial charge < -0.3 is 15.4 Å². The van der Waals surface area contributed by atoms with Gasteiger partial charge in [0.25, 0.3) is 0 Å². The lowest BCUT2D eigenvalue weighted by Crippen LogP contribution is -2.43. The fraction of sp³-hybridized carbons (Fsp3) is 0.438. The number of rotatable bonds is 4.